The molecule has 0 saturated carbocycles. The van der Waals surface area contributed by atoms with Crippen LogP contribution in [0.25, 0.3) is 0 Å². The molecule has 12 heavy (non-hydrogen) atoms. The number of nitrogens with two attached hydrogens (primary N) is 1. The zero-order valence-corrected chi connectivity index (χ0v) is 6.79. The maximum absolute atomic E-state index is 5.53. The standard InChI is InChI=1S/C8H11N3O/c9-3-8-6-4-12-2-1-7(6)10-5-11-8/h5H,1-4,9H2. The summed E-state index contributed by atoms with van der Waals surface area (Å²) in [6, 6.07) is 0. The second-order valence-corrected chi connectivity index (χ2v) is 2.75. The minimum absolute atomic E-state index is 0.466. The average molecular weight is 165 g/mol. The Morgan fingerprint density at radius 3 is 3.25 bits per heavy atom. The molecule has 0 atom stereocenters. The van der Waals surface area contributed by atoms with Crippen LogP contribution >= 0.6 is 0 Å². The van der Waals surface area contributed by atoms with Crippen molar-refractivity contribution < 1.29 is 4.74 Å². The Hall–Kier alpha value is -1.00. The first kappa shape index (κ1) is 7.64. The molecule has 2 heterocycles. The van der Waals surface area contributed by atoms with Crippen molar-refractivity contribution in [2.45, 2.75) is 19.6 Å². The van der Waals surface area contributed by atoms with Crippen LogP contribution in [0.5, 0.6) is 0 Å². The van der Waals surface area contributed by atoms with E-state index in [4.69, 9.17) is 10.5 Å². The van der Waals surface area contributed by atoms with Gasteiger partial charge in [-0.25, -0.2) is 9.97 Å². The number of aromatic nitrogens is 2. The van der Waals surface area contributed by atoms with Crippen LogP contribution < -0.4 is 5.73 Å². The number of rotatable bonds is 1. The maximum atomic E-state index is 5.53. The molecule has 1 aliphatic heterocycles. The van der Waals surface area contributed by atoms with Crippen LogP contribution in [0.1, 0.15) is 17.0 Å². The molecule has 0 saturated heterocycles. The van der Waals surface area contributed by atoms with Gasteiger partial charge in [-0.2, -0.15) is 0 Å². The van der Waals surface area contributed by atoms with E-state index < -0.39 is 0 Å². The number of hydrogen-bond acceptors (Lipinski definition) is 4. The lowest BCUT2D eigenvalue weighted by molar-refractivity contribution is 0.108. The number of hydrogen-bond donors (Lipinski definition) is 1. The molecular formula is C8H11N3O. The van der Waals surface area contributed by atoms with Gasteiger partial charge in [0.25, 0.3) is 0 Å². The Labute approximate surface area is 70.8 Å². The van der Waals surface area contributed by atoms with E-state index in [1.807, 2.05) is 0 Å². The fourth-order valence-electron chi connectivity index (χ4n) is 1.39. The molecule has 2 rings (SSSR count). The van der Waals surface area contributed by atoms with E-state index in [-0.39, 0.29) is 0 Å². The van der Waals surface area contributed by atoms with Crippen LogP contribution in [-0.4, -0.2) is 16.6 Å². The van der Waals surface area contributed by atoms with Gasteiger partial charge < -0.3 is 10.5 Å². The van der Waals surface area contributed by atoms with Gasteiger partial charge in [0.05, 0.1) is 24.6 Å². The lowest BCUT2D eigenvalue weighted by Crippen LogP contribution is -2.16. The van der Waals surface area contributed by atoms with Crippen LogP contribution in [0.15, 0.2) is 6.33 Å². The molecule has 4 nitrogen and oxygen atoms in total. The summed E-state index contributed by atoms with van der Waals surface area (Å²) in [4.78, 5) is 8.28. The summed E-state index contributed by atoms with van der Waals surface area (Å²) in [6.45, 7) is 1.84. The first-order valence-electron chi connectivity index (χ1n) is 4.01. The van der Waals surface area contributed by atoms with E-state index >= 15 is 0 Å². The summed E-state index contributed by atoms with van der Waals surface area (Å²) < 4.78 is 5.30. The van der Waals surface area contributed by atoms with Gasteiger partial charge in [-0.05, 0) is 0 Å². The third-order valence-electron chi connectivity index (χ3n) is 2.05. The predicted octanol–water partition coefficient (Wildman–Crippen LogP) is 0.00800. The van der Waals surface area contributed by atoms with Crippen molar-refractivity contribution in [2.24, 2.45) is 5.73 Å². The SMILES string of the molecule is NCc1ncnc2c1COCC2. The number of fused-ring (bicyclic) bond motifs is 1. The molecular weight excluding hydrogens is 154 g/mol. The third-order valence-corrected chi connectivity index (χ3v) is 2.05. The van der Waals surface area contributed by atoms with Gasteiger partial charge in [0, 0.05) is 18.5 Å². The van der Waals surface area contributed by atoms with E-state index in [1.54, 1.807) is 6.33 Å². The minimum Gasteiger partial charge on any atom is -0.376 e. The van der Waals surface area contributed by atoms with E-state index in [0.29, 0.717) is 13.2 Å². The van der Waals surface area contributed by atoms with Gasteiger partial charge in [-0.3, -0.25) is 0 Å². The van der Waals surface area contributed by atoms with Crippen molar-refractivity contribution in [3.8, 4) is 0 Å². The summed E-state index contributed by atoms with van der Waals surface area (Å²) in [6.07, 6.45) is 2.46. The highest BCUT2D eigenvalue weighted by Crippen LogP contribution is 2.16. The van der Waals surface area contributed by atoms with Gasteiger partial charge in [-0.1, -0.05) is 0 Å². The lowest BCUT2D eigenvalue weighted by Gasteiger charge is -2.16. The summed E-state index contributed by atoms with van der Waals surface area (Å²) in [5.41, 5.74) is 8.63. The molecule has 0 aliphatic carbocycles. The summed E-state index contributed by atoms with van der Waals surface area (Å²) >= 11 is 0. The zero-order valence-electron chi connectivity index (χ0n) is 6.79. The number of ether oxygens (including phenoxy) is 1. The van der Waals surface area contributed by atoms with Crippen LogP contribution in [0, 0.1) is 0 Å². The van der Waals surface area contributed by atoms with Crippen LogP contribution in [-0.2, 0) is 24.3 Å². The van der Waals surface area contributed by atoms with E-state index in [9.17, 15) is 0 Å². The van der Waals surface area contributed by atoms with Gasteiger partial charge in [0.15, 0.2) is 0 Å². The highest BCUT2D eigenvalue weighted by molar-refractivity contribution is 5.25. The second kappa shape index (κ2) is 3.16. The normalized spacial score (nSPS) is 15.8. The summed E-state index contributed by atoms with van der Waals surface area (Å²) in [7, 11) is 0. The molecule has 64 valence electrons. The number of nitrogens with zero attached hydrogens (tertiary/aromatic N) is 2. The van der Waals surface area contributed by atoms with Crippen molar-refractivity contribution in [1.29, 1.82) is 0 Å². The predicted molar refractivity (Wildman–Crippen MR) is 43.3 cm³/mol. The zero-order chi connectivity index (χ0) is 8.39. The van der Waals surface area contributed by atoms with E-state index in [0.717, 1.165) is 30.0 Å². The highest BCUT2D eigenvalue weighted by Gasteiger charge is 2.14. The molecule has 0 fully saturated rings. The largest absolute Gasteiger partial charge is 0.376 e. The first-order chi connectivity index (χ1) is 5.92. The van der Waals surface area contributed by atoms with Crippen LogP contribution in [0.2, 0.25) is 0 Å². The molecule has 0 radical (unpaired) electrons. The fourth-order valence-corrected chi connectivity index (χ4v) is 1.39. The summed E-state index contributed by atoms with van der Waals surface area (Å²) in [5.74, 6) is 0. The summed E-state index contributed by atoms with van der Waals surface area (Å²) in [5, 5.41) is 0. The molecule has 0 unspecified atom stereocenters. The Kier molecular flexibility index (Phi) is 2.01. The van der Waals surface area contributed by atoms with Crippen LogP contribution in [0.3, 0.4) is 0 Å². The Balaban J connectivity index is 2.44. The topological polar surface area (TPSA) is 61.0 Å². The minimum atomic E-state index is 0.466. The van der Waals surface area contributed by atoms with E-state index in [2.05, 4.69) is 9.97 Å². The smallest absolute Gasteiger partial charge is 0.116 e. The lowest BCUT2D eigenvalue weighted by atomic mass is 10.1. The third kappa shape index (κ3) is 1.19. The Morgan fingerprint density at radius 1 is 1.50 bits per heavy atom. The average Bonchev–Trinajstić information content (AvgIpc) is 2.17. The molecule has 0 bridgehead atoms. The molecule has 1 aromatic rings. The van der Waals surface area contributed by atoms with E-state index in [1.165, 1.54) is 0 Å². The molecule has 0 spiro atoms. The molecule has 0 amide bonds. The highest BCUT2D eigenvalue weighted by atomic mass is 16.5. The quantitative estimate of drug-likeness (QED) is 0.636. The van der Waals surface area contributed by atoms with Gasteiger partial charge >= 0.3 is 0 Å². The molecule has 4 heteroatoms. The van der Waals surface area contributed by atoms with Gasteiger partial charge in [0.1, 0.15) is 6.33 Å². The van der Waals surface area contributed by atoms with Crippen molar-refractivity contribution in [3.05, 3.63) is 23.3 Å². The maximum Gasteiger partial charge on any atom is 0.116 e. The van der Waals surface area contributed by atoms with Gasteiger partial charge in [-0.15, -0.1) is 0 Å². The molecule has 1 aromatic heterocycles. The molecule has 1 aliphatic rings. The fraction of sp³-hybridized carbons (Fsp3) is 0.500. The first-order valence-corrected chi connectivity index (χ1v) is 4.01. The van der Waals surface area contributed by atoms with Crippen LogP contribution in [0.4, 0.5) is 0 Å². The van der Waals surface area contributed by atoms with Crippen molar-refractivity contribution in [1.82, 2.24) is 9.97 Å². The van der Waals surface area contributed by atoms with Crippen molar-refractivity contribution in [3.63, 3.8) is 0 Å². The second-order valence-electron chi connectivity index (χ2n) is 2.75. The molecule has 0 aromatic carbocycles. The Morgan fingerprint density at radius 2 is 2.42 bits per heavy atom. The van der Waals surface area contributed by atoms with Crippen molar-refractivity contribution >= 4 is 0 Å². The molecule has 2 N–H and O–H groups in total. The Bertz CT molecular complexity index is 273. The van der Waals surface area contributed by atoms with Gasteiger partial charge in [0.2, 0.25) is 0 Å². The monoisotopic (exact) mass is 165 g/mol. The van der Waals surface area contributed by atoms with Crippen molar-refractivity contribution in [2.75, 3.05) is 6.61 Å².